The Balaban J connectivity index is 1.19. The first kappa shape index (κ1) is 20.6. The van der Waals surface area contributed by atoms with Crippen LogP contribution in [0.25, 0.3) is 0 Å². The van der Waals surface area contributed by atoms with Gasteiger partial charge in [0.05, 0.1) is 18.6 Å². The van der Waals surface area contributed by atoms with Crippen LogP contribution in [-0.4, -0.2) is 47.0 Å². The second-order valence-corrected chi connectivity index (χ2v) is 13.6. The minimum atomic E-state index is 0.600. The largest absolute Gasteiger partial charge is 0.336 e. The van der Waals surface area contributed by atoms with Crippen molar-refractivity contribution in [3.63, 3.8) is 0 Å². The van der Waals surface area contributed by atoms with Gasteiger partial charge < -0.3 is 9.80 Å². The number of aliphatic imine (C=N–C) groups is 1. The van der Waals surface area contributed by atoms with E-state index in [0.29, 0.717) is 11.5 Å². The molecular weight excluding hydrogens is 390 g/mol. The third kappa shape index (κ3) is 3.22. The summed E-state index contributed by atoms with van der Waals surface area (Å²) in [6.45, 7) is 5.08. The predicted octanol–water partition coefficient (Wildman–Crippen LogP) is 6.48. The summed E-state index contributed by atoms with van der Waals surface area (Å²) in [6, 6.07) is 2.19. The fourth-order valence-electron chi connectivity index (χ4n) is 10.7. The Morgan fingerprint density at radius 2 is 1.28 bits per heavy atom. The summed E-state index contributed by atoms with van der Waals surface area (Å²) in [6.07, 6.45) is 24.0. The number of hydrogen-bond donors (Lipinski definition) is 0. The van der Waals surface area contributed by atoms with Gasteiger partial charge in [0.25, 0.3) is 0 Å². The molecule has 1 unspecified atom stereocenters. The van der Waals surface area contributed by atoms with E-state index in [9.17, 15) is 0 Å². The van der Waals surface area contributed by atoms with Crippen molar-refractivity contribution in [2.45, 2.75) is 128 Å². The molecule has 178 valence electrons. The summed E-state index contributed by atoms with van der Waals surface area (Å²) in [4.78, 5) is 11.3. The van der Waals surface area contributed by atoms with Crippen molar-refractivity contribution < 1.29 is 0 Å². The number of rotatable bonds is 4. The monoisotopic (exact) mass is 437 g/mol. The molecule has 6 aliphatic carbocycles. The van der Waals surface area contributed by atoms with E-state index in [1.54, 1.807) is 19.3 Å². The van der Waals surface area contributed by atoms with Crippen LogP contribution in [0, 0.1) is 35.0 Å². The first-order valence-electron chi connectivity index (χ1n) is 14.8. The van der Waals surface area contributed by atoms with E-state index in [1.807, 2.05) is 0 Å². The summed E-state index contributed by atoms with van der Waals surface area (Å²) >= 11 is 0. The smallest absolute Gasteiger partial charge is 0.197 e. The van der Waals surface area contributed by atoms with E-state index in [2.05, 4.69) is 16.7 Å². The van der Waals surface area contributed by atoms with E-state index < -0.39 is 0 Å². The lowest BCUT2D eigenvalue weighted by Gasteiger charge is -2.61. The molecule has 3 nitrogen and oxygen atoms in total. The van der Waals surface area contributed by atoms with Gasteiger partial charge in [0, 0.05) is 12.6 Å². The van der Waals surface area contributed by atoms with Gasteiger partial charge >= 0.3 is 0 Å². The van der Waals surface area contributed by atoms with Gasteiger partial charge in [0.15, 0.2) is 5.96 Å². The molecule has 0 aromatic rings. The maximum atomic E-state index is 5.40. The van der Waals surface area contributed by atoms with Crippen LogP contribution in [0.3, 0.4) is 0 Å². The molecule has 32 heavy (non-hydrogen) atoms. The first-order chi connectivity index (χ1) is 15.7. The van der Waals surface area contributed by atoms with Gasteiger partial charge in [0.2, 0.25) is 0 Å². The second-order valence-electron chi connectivity index (χ2n) is 13.6. The summed E-state index contributed by atoms with van der Waals surface area (Å²) in [5.74, 6) is 6.45. The summed E-state index contributed by atoms with van der Waals surface area (Å²) in [7, 11) is 0. The number of hydrogen-bond acceptors (Lipinski definition) is 3. The van der Waals surface area contributed by atoms with Gasteiger partial charge in [0.1, 0.15) is 0 Å². The van der Waals surface area contributed by atoms with Crippen LogP contribution < -0.4 is 0 Å². The minimum Gasteiger partial charge on any atom is -0.336 e. The third-order valence-corrected chi connectivity index (χ3v) is 11.8. The molecule has 0 radical (unpaired) electrons. The van der Waals surface area contributed by atoms with Crippen molar-refractivity contribution in [1.82, 2.24) is 9.80 Å². The molecule has 3 heteroatoms. The van der Waals surface area contributed by atoms with E-state index in [-0.39, 0.29) is 0 Å². The molecule has 6 saturated carbocycles. The average Bonchev–Trinajstić information content (AvgIpc) is 3.38. The average molecular weight is 438 g/mol. The normalized spacial score (nSPS) is 45.4. The van der Waals surface area contributed by atoms with Crippen molar-refractivity contribution in [3.8, 4) is 0 Å². The van der Waals surface area contributed by atoms with Crippen LogP contribution in [0.4, 0.5) is 0 Å². The van der Waals surface area contributed by atoms with Crippen LogP contribution in [-0.2, 0) is 0 Å². The topological polar surface area (TPSA) is 18.8 Å². The fourth-order valence-corrected chi connectivity index (χ4v) is 10.7. The SMILES string of the molecule is CC(N1C2=NC[C@H](C3CCCCC3)N2C[C@@H]1C1CCCCC1)C12CC3CC(CC(C3)C1)C2. The van der Waals surface area contributed by atoms with E-state index >= 15 is 0 Å². The van der Waals surface area contributed by atoms with Gasteiger partial charge in [-0.15, -0.1) is 0 Å². The fraction of sp³-hybridized carbons (Fsp3) is 0.966. The van der Waals surface area contributed by atoms with Crippen LogP contribution in [0.1, 0.15) is 110 Å². The molecule has 0 aromatic carbocycles. The highest BCUT2D eigenvalue weighted by Gasteiger charge is 2.58. The molecule has 0 N–H and O–H groups in total. The lowest BCUT2D eigenvalue weighted by molar-refractivity contribution is -0.0914. The van der Waals surface area contributed by atoms with Crippen molar-refractivity contribution in [2.75, 3.05) is 13.1 Å². The van der Waals surface area contributed by atoms with Crippen molar-refractivity contribution in [1.29, 1.82) is 0 Å². The molecular formula is C29H47N3. The van der Waals surface area contributed by atoms with E-state index in [1.165, 1.54) is 96.0 Å². The van der Waals surface area contributed by atoms with Crippen LogP contribution in [0.5, 0.6) is 0 Å². The Kier molecular flexibility index (Phi) is 5.10. The highest BCUT2D eigenvalue weighted by molar-refractivity contribution is 5.85. The van der Waals surface area contributed by atoms with Gasteiger partial charge in [-0.05, 0) is 106 Å². The molecule has 1 saturated heterocycles. The lowest BCUT2D eigenvalue weighted by atomic mass is 9.47. The Hall–Kier alpha value is -0.730. The van der Waals surface area contributed by atoms with Gasteiger partial charge in [-0.1, -0.05) is 38.5 Å². The number of fused-ring (bicyclic) bond motifs is 1. The first-order valence-corrected chi connectivity index (χ1v) is 14.8. The van der Waals surface area contributed by atoms with E-state index in [4.69, 9.17) is 4.99 Å². The molecule has 0 amide bonds. The molecule has 3 atom stereocenters. The van der Waals surface area contributed by atoms with Crippen LogP contribution in [0.2, 0.25) is 0 Å². The predicted molar refractivity (Wildman–Crippen MR) is 132 cm³/mol. The Labute approximate surface area is 196 Å². The minimum absolute atomic E-state index is 0.600. The third-order valence-electron chi connectivity index (χ3n) is 11.8. The highest BCUT2D eigenvalue weighted by atomic mass is 15.5. The zero-order valence-electron chi connectivity index (χ0n) is 20.7. The lowest BCUT2D eigenvalue weighted by Crippen LogP contribution is -2.59. The van der Waals surface area contributed by atoms with Crippen molar-refractivity contribution in [2.24, 2.45) is 40.0 Å². The van der Waals surface area contributed by atoms with Crippen molar-refractivity contribution >= 4 is 5.96 Å². The molecule has 0 aromatic heterocycles. The van der Waals surface area contributed by atoms with Gasteiger partial charge in [-0.2, -0.15) is 0 Å². The summed E-state index contributed by atoms with van der Waals surface area (Å²) in [5.41, 5.74) is 0.600. The molecule has 2 heterocycles. The molecule has 8 rings (SSSR count). The number of nitrogens with zero attached hydrogens (tertiary/aromatic N) is 3. The zero-order valence-corrected chi connectivity index (χ0v) is 20.7. The molecule has 7 fully saturated rings. The Bertz CT molecular complexity index is 695. The molecule has 4 bridgehead atoms. The maximum absolute atomic E-state index is 5.40. The quantitative estimate of drug-likeness (QED) is 0.501. The second kappa shape index (κ2) is 7.91. The Morgan fingerprint density at radius 1 is 0.750 bits per heavy atom. The molecule has 0 spiro atoms. The van der Waals surface area contributed by atoms with Crippen LogP contribution in [0.15, 0.2) is 4.99 Å². The van der Waals surface area contributed by atoms with Crippen LogP contribution >= 0.6 is 0 Å². The molecule has 2 aliphatic heterocycles. The van der Waals surface area contributed by atoms with Gasteiger partial charge in [-0.3, -0.25) is 4.99 Å². The van der Waals surface area contributed by atoms with Crippen molar-refractivity contribution in [3.05, 3.63) is 0 Å². The highest BCUT2D eigenvalue weighted by Crippen LogP contribution is 2.62. The summed E-state index contributed by atoms with van der Waals surface area (Å²) < 4.78 is 0. The maximum Gasteiger partial charge on any atom is 0.197 e. The zero-order chi connectivity index (χ0) is 21.3. The standard InChI is InChI=1S/C29H47N3/c1-20(29-15-21-12-22(16-29)14-23(13-21)17-29)32-27(25-10-6-3-7-11-25)19-31-26(18-30-28(31)32)24-8-4-2-5-9-24/h20-27H,2-19H2,1H3/t20?,21?,22?,23?,26-,27-,29?/m1/s1. The summed E-state index contributed by atoms with van der Waals surface area (Å²) in [5, 5.41) is 0. The van der Waals surface area contributed by atoms with E-state index in [0.717, 1.165) is 48.2 Å². The Morgan fingerprint density at radius 3 is 1.84 bits per heavy atom. The van der Waals surface area contributed by atoms with Gasteiger partial charge in [-0.25, -0.2) is 0 Å². The molecule has 8 aliphatic rings. The number of guanidine groups is 1.